The summed E-state index contributed by atoms with van der Waals surface area (Å²) in [5, 5.41) is 2.97. The Balaban J connectivity index is 1.89. The number of carbonyl (C=O) groups excluding carboxylic acids is 1. The molecule has 0 heterocycles. The van der Waals surface area contributed by atoms with Gasteiger partial charge in [-0.25, -0.2) is 0 Å². The molecule has 0 aromatic heterocycles. The van der Waals surface area contributed by atoms with E-state index in [4.69, 9.17) is 4.74 Å². The number of aryl methyl sites for hydroxylation is 2. The van der Waals surface area contributed by atoms with E-state index in [1.165, 1.54) is 11.1 Å². The summed E-state index contributed by atoms with van der Waals surface area (Å²) in [6.07, 6.45) is 0. The normalized spacial score (nSPS) is 11.8. The van der Waals surface area contributed by atoms with Gasteiger partial charge >= 0.3 is 0 Å². The van der Waals surface area contributed by atoms with Crippen LogP contribution in [0.4, 0.5) is 0 Å². The number of nitrogens with one attached hydrogen (secondary N) is 1. The second-order valence-corrected chi connectivity index (χ2v) is 6.64. The van der Waals surface area contributed by atoms with Gasteiger partial charge in [0.15, 0.2) is 6.61 Å². The number of hydrogen-bond acceptors (Lipinski definition) is 2. The Bertz CT molecular complexity index is 653. The molecule has 3 nitrogen and oxygen atoms in total. The van der Waals surface area contributed by atoms with Gasteiger partial charge in [-0.1, -0.05) is 23.8 Å². The number of ether oxygens (including phenoxy) is 1. The van der Waals surface area contributed by atoms with Crippen LogP contribution in [-0.4, -0.2) is 12.5 Å². The number of hydrogen-bond donors (Lipinski definition) is 1. The minimum atomic E-state index is -0.119. The first-order valence-corrected chi connectivity index (χ1v) is 8.28. The number of amides is 1. The highest BCUT2D eigenvalue weighted by molar-refractivity contribution is 14.1. The largest absolute Gasteiger partial charge is 0.484 e. The van der Waals surface area contributed by atoms with Gasteiger partial charge in [-0.3, -0.25) is 4.79 Å². The lowest BCUT2D eigenvalue weighted by Crippen LogP contribution is -2.31. The Morgan fingerprint density at radius 2 is 1.86 bits per heavy atom. The van der Waals surface area contributed by atoms with Crippen molar-refractivity contribution >= 4 is 28.5 Å². The maximum Gasteiger partial charge on any atom is 0.258 e. The van der Waals surface area contributed by atoms with E-state index in [1.807, 2.05) is 31.2 Å². The van der Waals surface area contributed by atoms with Gasteiger partial charge in [-0.2, -0.15) is 0 Å². The van der Waals surface area contributed by atoms with E-state index in [1.54, 1.807) is 0 Å². The molecule has 2 aromatic carbocycles. The lowest BCUT2D eigenvalue weighted by Gasteiger charge is -2.17. The summed E-state index contributed by atoms with van der Waals surface area (Å²) in [5.74, 6) is 0.584. The van der Waals surface area contributed by atoms with Gasteiger partial charge in [-0.15, -0.1) is 0 Å². The number of rotatable bonds is 5. The molecule has 0 bridgehead atoms. The molecule has 1 amide bonds. The molecule has 0 aliphatic heterocycles. The molecule has 4 heteroatoms. The third kappa shape index (κ3) is 4.73. The van der Waals surface area contributed by atoms with Crippen molar-refractivity contribution in [3.63, 3.8) is 0 Å². The monoisotopic (exact) mass is 409 g/mol. The second kappa shape index (κ2) is 7.63. The number of benzene rings is 2. The molecule has 0 saturated heterocycles. The van der Waals surface area contributed by atoms with Crippen LogP contribution in [0.3, 0.4) is 0 Å². The molecular formula is C18H20INO2. The van der Waals surface area contributed by atoms with Crippen molar-refractivity contribution in [2.45, 2.75) is 26.8 Å². The highest BCUT2D eigenvalue weighted by Crippen LogP contribution is 2.18. The fourth-order valence-corrected chi connectivity index (χ4v) is 2.71. The van der Waals surface area contributed by atoms with Gasteiger partial charge in [0.05, 0.1) is 6.04 Å². The fraction of sp³-hybridized carbons (Fsp3) is 0.278. The summed E-state index contributed by atoms with van der Waals surface area (Å²) in [6.45, 7) is 6.14. The molecule has 22 heavy (non-hydrogen) atoms. The molecule has 0 unspecified atom stereocenters. The van der Waals surface area contributed by atoms with Crippen molar-refractivity contribution in [3.8, 4) is 5.75 Å². The molecule has 0 aliphatic carbocycles. The zero-order valence-corrected chi connectivity index (χ0v) is 15.2. The molecule has 116 valence electrons. The highest BCUT2D eigenvalue weighted by Gasteiger charge is 2.12. The van der Waals surface area contributed by atoms with Crippen LogP contribution in [0.25, 0.3) is 0 Å². The van der Waals surface area contributed by atoms with Crippen LogP contribution in [0.2, 0.25) is 0 Å². The van der Waals surface area contributed by atoms with E-state index < -0.39 is 0 Å². The lowest BCUT2D eigenvalue weighted by molar-refractivity contribution is -0.123. The van der Waals surface area contributed by atoms with Gasteiger partial charge in [0.2, 0.25) is 0 Å². The van der Waals surface area contributed by atoms with Crippen LogP contribution in [-0.2, 0) is 4.79 Å². The van der Waals surface area contributed by atoms with Crippen LogP contribution in [0.15, 0.2) is 42.5 Å². The number of halogens is 1. The van der Waals surface area contributed by atoms with Gasteiger partial charge in [0.25, 0.3) is 5.91 Å². The van der Waals surface area contributed by atoms with Gasteiger partial charge < -0.3 is 10.1 Å². The summed E-state index contributed by atoms with van der Waals surface area (Å²) < 4.78 is 6.63. The predicted octanol–water partition coefficient (Wildman–Crippen LogP) is 4.16. The van der Waals surface area contributed by atoms with Crippen molar-refractivity contribution in [1.29, 1.82) is 0 Å². The molecule has 0 spiro atoms. The minimum Gasteiger partial charge on any atom is -0.484 e. The molecule has 1 atom stereocenters. The van der Waals surface area contributed by atoms with Crippen LogP contribution in [0.1, 0.15) is 29.7 Å². The van der Waals surface area contributed by atoms with E-state index in [-0.39, 0.29) is 18.6 Å². The average Bonchev–Trinajstić information content (AvgIpc) is 2.46. The first kappa shape index (κ1) is 16.8. The van der Waals surface area contributed by atoms with Gasteiger partial charge in [0, 0.05) is 3.57 Å². The Morgan fingerprint density at radius 3 is 2.50 bits per heavy atom. The standard InChI is InChI=1S/C18H20INO2/c1-12-4-9-17(13(2)10-12)14(3)20-18(21)11-22-16-7-5-15(19)6-8-16/h4-10,14H,11H2,1-3H3,(H,20,21)/t14-/m0/s1. The summed E-state index contributed by atoms with van der Waals surface area (Å²) in [6, 6.07) is 13.8. The van der Waals surface area contributed by atoms with Crippen LogP contribution >= 0.6 is 22.6 Å². The minimum absolute atomic E-state index is 0.0237. The summed E-state index contributed by atoms with van der Waals surface area (Å²) in [4.78, 5) is 12.0. The molecule has 0 fully saturated rings. The lowest BCUT2D eigenvalue weighted by atomic mass is 10.0. The molecule has 1 N–H and O–H groups in total. The van der Waals surface area contributed by atoms with E-state index >= 15 is 0 Å². The predicted molar refractivity (Wildman–Crippen MR) is 97.1 cm³/mol. The van der Waals surface area contributed by atoms with Crippen LogP contribution < -0.4 is 10.1 Å². The molecule has 2 aromatic rings. The Morgan fingerprint density at radius 1 is 1.18 bits per heavy atom. The third-order valence-corrected chi connectivity index (χ3v) is 4.17. The van der Waals surface area contributed by atoms with Crippen molar-refractivity contribution in [1.82, 2.24) is 5.32 Å². The van der Waals surface area contributed by atoms with E-state index in [0.29, 0.717) is 5.75 Å². The van der Waals surface area contributed by atoms with Crippen molar-refractivity contribution in [2.24, 2.45) is 0 Å². The molecule has 0 aliphatic rings. The maximum atomic E-state index is 12.0. The Hall–Kier alpha value is -1.56. The quantitative estimate of drug-likeness (QED) is 0.754. The van der Waals surface area contributed by atoms with E-state index in [9.17, 15) is 4.79 Å². The number of carbonyl (C=O) groups is 1. The molecule has 2 rings (SSSR count). The van der Waals surface area contributed by atoms with Crippen molar-refractivity contribution in [2.75, 3.05) is 6.61 Å². The first-order chi connectivity index (χ1) is 10.5. The first-order valence-electron chi connectivity index (χ1n) is 7.20. The van der Waals surface area contributed by atoms with Gasteiger partial charge in [-0.05, 0) is 78.8 Å². The molecule has 0 saturated carbocycles. The molecular weight excluding hydrogens is 389 g/mol. The second-order valence-electron chi connectivity index (χ2n) is 5.39. The third-order valence-electron chi connectivity index (χ3n) is 3.45. The average molecular weight is 409 g/mol. The van der Waals surface area contributed by atoms with E-state index in [2.05, 4.69) is 60.0 Å². The fourth-order valence-electron chi connectivity index (χ4n) is 2.35. The van der Waals surface area contributed by atoms with Crippen LogP contribution in [0, 0.1) is 17.4 Å². The Kier molecular flexibility index (Phi) is 5.83. The van der Waals surface area contributed by atoms with Crippen molar-refractivity contribution < 1.29 is 9.53 Å². The highest BCUT2D eigenvalue weighted by atomic mass is 127. The van der Waals surface area contributed by atoms with E-state index in [0.717, 1.165) is 9.13 Å². The zero-order chi connectivity index (χ0) is 16.1. The maximum absolute atomic E-state index is 12.0. The molecule has 0 radical (unpaired) electrons. The summed E-state index contributed by atoms with van der Waals surface area (Å²) >= 11 is 2.23. The topological polar surface area (TPSA) is 38.3 Å². The SMILES string of the molecule is Cc1ccc([C@H](C)NC(=O)COc2ccc(I)cc2)c(C)c1. The summed E-state index contributed by atoms with van der Waals surface area (Å²) in [7, 11) is 0. The zero-order valence-electron chi connectivity index (χ0n) is 13.0. The Labute approximate surface area is 145 Å². The van der Waals surface area contributed by atoms with Gasteiger partial charge in [0.1, 0.15) is 5.75 Å². The smallest absolute Gasteiger partial charge is 0.258 e. The van der Waals surface area contributed by atoms with Crippen molar-refractivity contribution in [3.05, 3.63) is 62.7 Å². The van der Waals surface area contributed by atoms with Crippen LogP contribution in [0.5, 0.6) is 5.75 Å². The summed E-state index contributed by atoms with van der Waals surface area (Å²) in [5.41, 5.74) is 3.54.